The molecule has 1 N–H and O–H groups in total. The molecule has 3 aromatic rings. The predicted molar refractivity (Wildman–Crippen MR) is 71.0 cm³/mol. The lowest BCUT2D eigenvalue weighted by Crippen LogP contribution is -2.11. The maximum atomic E-state index is 10.8. The number of aromatic nitrogens is 4. The molecular weight excluding hydrogens is 264 g/mol. The van der Waals surface area contributed by atoms with Crippen molar-refractivity contribution in [3.05, 3.63) is 28.5 Å². The van der Waals surface area contributed by atoms with Crippen LogP contribution in [0, 0.1) is 6.92 Å². The van der Waals surface area contributed by atoms with Crippen LogP contribution in [0.15, 0.2) is 22.9 Å². The Kier molecular flexibility index (Phi) is 2.75. The van der Waals surface area contributed by atoms with Gasteiger partial charge in [-0.25, -0.2) is 4.68 Å². The molecule has 19 heavy (non-hydrogen) atoms. The van der Waals surface area contributed by atoms with Crippen LogP contribution < -0.4 is 0 Å². The highest BCUT2D eigenvalue weighted by molar-refractivity contribution is 7.09. The predicted octanol–water partition coefficient (Wildman–Crippen LogP) is 1.95. The third-order valence-corrected chi connectivity index (χ3v) is 3.68. The van der Waals surface area contributed by atoms with Crippen LogP contribution in [-0.2, 0) is 11.3 Å². The van der Waals surface area contributed by atoms with Gasteiger partial charge in [-0.05, 0) is 39.1 Å². The van der Waals surface area contributed by atoms with Crippen molar-refractivity contribution in [3.8, 4) is 11.4 Å². The van der Waals surface area contributed by atoms with Crippen molar-refractivity contribution in [2.24, 2.45) is 0 Å². The van der Waals surface area contributed by atoms with Crippen LogP contribution in [0.5, 0.6) is 0 Å². The molecule has 2 aromatic heterocycles. The summed E-state index contributed by atoms with van der Waals surface area (Å²) in [7, 11) is 0. The Morgan fingerprint density at radius 3 is 2.95 bits per heavy atom. The van der Waals surface area contributed by atoms with Gasteiger partial charge in [0.2, 0.25) is 0 Å². The summed E-state index contributed by atoms with van der Waals surface area (Å²) in [6, 6.07) is 3.92. The standard InChI is InChI=1S/C12H10N4O2S/c1-7-2-3-8(10-6-19-5-9(7)10)12-13-14-15-16(12)4-11(17)18/h2-3,5-6H,4H2,1H3,(H,17,18). The SMILES string of the molecule is Cc1ccc(-c2nnnn2CC(=O)O)c2cscc12. The summed E-state index contributed by atoms with van der Waals surface area (Å²) in [6.45, 7) is 1.79. The highest BCUT2D eigenvalue weighted by Gasteiger charge is 2.15. The summed E-state index contributed by atoms with van der Waals surface area (Å²) in [5, 5.41) is 26.4. The number of nitrogens with zero attached hydrogens (tertiary/aromatic N) is 4. The van der Waals surface area contributed by atoms with Gasteiger partial charge in [0.25, 0.3) is 0 Å². The quantitative estimate of drug-likeness (QED) is 0.789. The molecule has 3 rings (SSSR count). The van der Waals surface area contributed by atoms with Crippen molar-refractivity contribution in [2.45, 2.75) is 13.5 Å². The first-order valence-electron chi connectivity index (χ1n) is 5.60. The van der Waals surface area contributed by atoms with Gasteiger partial charge >= 0.3 is 5.97 Å². The first-order chi connectivity index (χ1) is 9.16. The van der Waals surface area contributed by atoms with Crippen LogP contribution in [-0.4, -0.2) is 31.3 Å². The molecule has 0 aliphatic rings. The molecule has 0 bridgehead atoms. The first kappa shape index (κ1) is 11.8. The number of hydrogen-bond donors (Lipinski definition) is 1. The molecule has 96 valence electrons. The number of tetrazole rings is 1. The van der Waals surface area contributed by atoms with E-state index in [0.717, 1.165) is 16.3 Å². The minimum atomic E-state index is -0.970. The van der Waals surface area contributed by atoms with Crippen molar-refractivity contribution in [1.29, 1.82) is 0 Å². The molecule has 6 nitrogen and oxygen atoms in total. The number of aryl methyl sites for hydroxylation is 1. The van der Waals surface area contributed by atoms with Gasteiger partial charge < -0.3 is 5.11 Å². The lowest BCUT2D eigenvalue weighted by molar-refractivity contribution is -0.137. The number of carboxylic acid groups (broad SMARTS) is 1. The number of aliphatic carboxylic acids is 1. The van der Waals surface area contributed by atoms with Gasteiger partial charge in [0.1, 0.15) is 6.54 Å². The molecule has 1 aromatic carbocycles. The zero-order valence-electron chi connectivity index (χ0n) is 10.1. The number of carbonyl (C=O) groups is 1. The smallest absolute Gasteiger partial charge is 0.325 e. The number of hydrogen-bond acceptors (Lipinski definition) is 5. The monoisotopic (exact) mass is 274 g/mol. The number of carboxylic acids is 1. The lowest BCUT2D eigenvalue weighted by atomic mass is 10.0. The van der Waals surface area contributed by atoms with E-state index in [0.29, 0.717) is 5.82 Å². The third kappa shape index (κ3) is 1.97. The molecule has 0 saturated carbocycles. The van der Waals surface area contributed by atoms with Gasteiger partial charge in [0.15, 0.2) is 5.82 Å². The Labute approximate surface area is 112 Å². The van der Waals surface area contributed by atoms with Crippen LogP contribution in [0.4, 0.5) is 0 Å². The zero-order chi connectivity index (χ0) is 13.4. The molecule has 0 atom stereocenters. The molecule has 0 aliphatic carbocycles. The fourth-order valence-corrected chi connectivity index (χ4v) is 2.93. The van der Waals surface area contributed by atoms with E-state index in [1.54, 1.807) is 11.3 Å². The topological polar surface area (TPSA) is 80.9 Å². The fourth-order valence-electron chi connectivity index (χ4n) is 2.03. The van der Waals surface area contributed by atoms with E-state index in [4.69, 9.17) is 5.11 Å². The molecule has 7 heteroatoms. The van der Waals surface area contributed by atoms with E-state index >= 15 is 0 Å². The van der Waals surface area contributed by atoms with Crippen molar-refractivity contribution < 1.29 is 9.90 Å². The molecule has 0 amide bonds. The van der Waals surface area contributed by atoms with Crippen LogP contribution in [0.1, 0.15) is 5.56 Å². The van der Waals surface area contributed by atoms with Crippen LogP contribution in [0.3, 0.4) is 0 Å². The Balaban J connectivity index is 2.20. The Bertz CT molecular complexity index is 762. The van der Waals surface area contributed by atoms with E-state index in [1.807, 2.05) is 24.4 Å². The van der Waals surface area contributed by atoms with Gasteiger partial charge in [0.05, 0.1) is 0 Å². The highest BCUT2D eigenvalue weighted by Crippen LogP contribution is 2.31. The molecule has 0 aliphatic heterocycles. The van der Waals surface area contributed by atoms with E-state index in [-0.39, 0.29) is 6.54 Å². The van der Waals surface area contributed by atoms with E-state index in [9.17, 15) is 4.79 Å². The van der Waals surface area contributed by atoms with Crippen LogP contribution in [0.2, 0.25) is 0 Å². The summed E-state index contributed by atoms with van der Waals surface area (Å²) in [5.74, 6) is -0.493. The summed E-state index contributed by atoms with van der Waals surface area (Å²) in [4.78, 5) is 10.8. The van der Waals surface area contributed by atoms with Crippen molar-refractivity contribution in [2.75, 3.05) is 0 Å². The van der Waals surface area contributed by atoms with Crippen molar-refractivity contribution in [3.63, 3.8) is 0 Å². The second kappa shape index (κ2) is 4.43. The molecule has 0 fully saturated rings. The minimum Gasteiger partial charge on any atom is -0.480 e. The average molecular weight is 274 g/mol. The van der Waals surface area contributed by atoms with Crippen molar-refractivity contribution >= 4 is 28.1 Å². The Hall–Kier alpha value is -2.28. The number of thiophene rings is 1. The maximum absolute atomic E-state index is 10.8. The summed E-state index contributed by atoms with van der Waals surface area (Å²) >= 11 is 1.60. The van der Waals surface area contributed by atoms with Crippen LogP contribution in [0.25, 0.3) is 22.2 Å². The van der Waals surface area contributed by atoms with Gasteiger partial charge in [-0.15, -0.1) is 5.10 Å². The summed E-state index contributed by atoms with van der Waals surface area (Å²) < 4.78 is 1.30. The number of fused-ring (bicyclic) bond motifs is 1. The highest BCUT2D eigenvalue weighted by atomic mass is 32.1. The van der Waals surface area contributed by atoms with Crippen molar-refractivity contribution in [1.82, 2.24) is 20.2 Å². The normalized spacial score (nSPS) is 11.0. The Morgan fingerprint density at radius 1 is 1.37 bits per heavy atom. The molecule has 2 heterocycles. The van der Waals surface area contributed by atoms with E-state index in [1.165, 1.54) is 10.2 Å². The molecule has 0 saturated heterocycles. The van der Waals surface area contributed by atoms with E-state index in [2.05, 4.69) is 20.9 Å². The second-order valence-electron chi connectivity index (χ2n) is 4.18. The summed E-state index contributed by atoms with van der Waals surface area (Å²) in [5.41, 5.74) is 2.03. The molecular formula is C12H10N4O2S. The third-order valence-electron chi connectivity index (χ3n) is 2.93. The zero-order valence-corrected chi connectivity index (χ0v) is 10.9. The van der Waals surface area contributed by atoms with Gasteiger partial charge in [-0.2, -0.15) is 11.3 Å². The molecule has 0 radical (unpaired) electrons. The molecule has 0 unspecified atom stereocenters. The van der Waals surface area contributed by atoms with Gasteiger partial charge in [0, 0.05) is 10.9 Å². The second-order valence-corrected chi connectivity index (χ2v) is 4.93. The summed E-state index contributed by atoms with van der Waals surface area (Å²) in [6.07, 6.45) is 0. The fraction of sp³-hybridized carbons (Fsp3) is 0.167. The van der Waals surface area contributed by atoms with Crippen LogP contribution >= 0.6 is 11.3 Å². The average Bonchev–Trinajstić information content (AvgIpc) is 2.98. The van der Waals surface area contributed by atoms with Gasteiger partial charge in [-0.3, -0.25) is 4.79 Å². The first-order valence-corrected chi connectivity index (χ1v) is 6.55. The largest absolute Gasteiger partial charge is 0.480 e. The minimum absolute atomic E-state index is 0.248. The molecule has 0 spiro atoms. The van der Waals surface area contributed by atoms with Gasteiger partial charge in [-0.1, -0.05) is 12.1 Å². The maximum Gasteiger partial charge on any atom is 0.325 e. The number of benzene rings is 1. The van der Waals surface area contributed by atoms with E-state index < -0.39 is 5.97 Å². The lowest BCUT2D eigenvalue weighted by Gasteiger charge is -2.05. The number of rotatable bonds is 3. The Morgan fingerprint density at radius 2 is 2.16 bits per heavy atom.